The van der Waals surface area contributed by atoms with E-state index in [1.807, 2.05) is 13.8 Å². The fraction of sp³-hybridized carbons (Fsp3) is 0.143. The number of benzene rings is 2. The van der Waals surface area contributed by atoms with Crippen molar-refractivity contribution in [2.24, 2.45) is 0 Å². The van der Waals surface area contributed by atoms with Gasteiger partial charge in [-0.2, -0.15) is 5.26 Å². The number of phenols is 1. The third kappa shape index (κ3) is 3.73. The number of ether oxygens (including phenoxy) is 1. The Labute approximate surface area is 164 Å². The number of nitriles is 1. The molecule has 1 N–H and O–H groups in total. The van der Waals surface area contributed by atoms with Crippen LogP contribution >= 0.6 is 11.3 Å². The van der Waals surface area contributed by atoms with Crippen LogP contribution in [0.15, 0.2) is 42.5 Å². The fourth-order valence-corrected chi connectivity index (χ4v) is 3.56. The lowest BCUT2D eigenvalue weighted by molar-refractivity contribution is 0.103. The van der Waals surface area contributed by atoms with E-state index >= 15 is 0 Å². The molecule has 0 aliphatic rings. The molecule has 0 saturated carbocycles. The number of ketones is 1. The molecule has 0 atom stereocenters. The van der Waals surface area contributed by atoms with Gasteiger partial charge in [0, 0.05) is 4.88 Å². The van der Waals surface area contributed by atoms with E-state index in [9.17, 15) is 23.9 Å². The summed E-state index contributed by atoms with van der Waals surface area (Å²) in [6.45, 7) is 3.71. The molecule has 1 heterocycles. The highest BCUT2D eigenvalue weighted by Gasteiger charge is 2.23. The van der Waals surface area contributed by atoms with Crippen molar-refractivity contribution in [3.05, 3.63) is 70.1 Å². The lowest BCUT2D eigenvalue weighted by Crippen LogP contribution is -2.06. The second-order valence-electron chi connectivity index (χ2n) is 6.24. The molecule has 3 rings (SSSR count). The lowest BCUT2D eigenvalue weighted by Gasteiger charge is -2.11. The first kappa shape index (κ1) is 19.5. The summed E-state index contributed by atoms with van der Waals surface area (Å²) in [5.41, 5.74) is 0.220. The highest BCUT2D eigenvalue weighted by Crippen LogP contribution is 2.34. The van der Waals surface area contributed by atoms with E-state index in [0.717, 1.165) is 23.5 Å². The lowest BCUT2D eigenvalue weighted by atomic mass is 10.1. The molecule has 0 aliphatic heterocycles. The van der Waals surface area contributed by atoms with Crippen LogP contribution in [0.3, 0.4) is 0 Å². The van der Waals surface area contributed by atoms with Crippen molar-refractivity contribution in [3.8, 4) is 28.0 Å². The minimum absolute atomic E-state index is 0.0870. The number of rotatable bonds is 5. The molecule has 0 aliphatic carbocycles. The number of halogens is 2. The van der Waals surface area contributed by atoms with E-state index in [4.69, 9.17) is 4.74 Å². The summed E-state index contributed by atoms with van der Waals surface area (Å²) in [7, 11) is 0. The summed E-state index contributed by atoms with van der Waals surface area (Å²) in [5, 5.41) is 18.8. The number of carbonyl (C=O) groups is 1. The van der Waals surface area contributed by atoms with Crippen LogP contribution in [0.5, 0.6) is 11.5 Å². The Balaban J connectivity index is 1.96. The van der Waals surface area contributed by atoms with Crippen LogP contribution < -0.4 is 4.74 Å². The van der Waals surface area contributed by atoms with Gasteiger partial charge in [0.05, 0.1) is 22.1 Å². The molecule has 0 spiro atoms. The summed E-state index contributed by atoms with van der Waals surface area (Å²) in [6, 6.07) is 11.9. The number of nitrogens with zero attached hydrogens (tertiary/aromatic N) is 1. The summed E-state index contributed by atoms with van der Waals surface area (Å²) in [5.74, 6) is -3.53. The van der Waals surface area contributed by atoms with Crippen molar-refractivity contribution < 1.29 is 23.4 Å². The van der Waals surface area contributed by atoms with E-state index in [-0.39, 0.29) is 11.0 Å². The van der Waals surface area contributed by atoms with E-state index in [1.165, 1.54) is 6.07 Å². The van der Waals surface area contributed by atoms with Crippen LogP contribution in [0.2, 0.25) is 0 Å². The Hall–Kier alpha value is -3.24. The Morgan fingerprint density at radius 2 is 1.93 bits per heavy atom. The molecule has 142 valence electrons. The molecule has 4 nitrogen and oxygen atoms in total. The molecule has 1 aromatic heterocycles. The van der Waals surface area contributed by atoms with Gasteiger partial charge in [-0.15, -0.1) is 11.3 Å². The van der Waals surface area contributed by atoms with Gasteiger partial charge in [-0.25, -0.2) is 8.78 Å². The zero-order chi connectivity index (χ0) is 20.4. The second kappa shape index (κ2) is 7.79. The van der Waals surface area contributed by atoms with Gasteiger partial charge in [0.1, 0.15) is 17.6 Å². The standard InChI is InChI=1S/C21H15F2NO3S/c1-11(2)27-16-6-3-12(9-13(16)10-24)17-7-8-18(28-17)21(26)19-14(22)4-5-15(25)20(19)23/h3-9,11,25H,1-2H3. The topological polar surface area (TPSA) is 70.3 Å². The molecule has 0 unspecified atom stereocenters. The number of aromatic hydroxyl groups is 1. The van der Waals surface area contributed by atoms with Gasteiger partial charge < -0.3 is 9.84 Å². The summed E-state index contributed by atoms with van der Waals surface area (Å²) in [6.07, 6.45) is -0.0870. The van der Waals surface area contributed by atoms with Crippen LogP contribution in [0.1, 0.15) is 34.6 Å². The summed E-state index contributed by atoms with van der Waals surface area (Å²) >= 11 is 1.04. The first-order valence-corrected chi connectivity index (χ1v) is 9.16. The van der Waals surface area contributed by atoms with Crippen LogP contribution in [0, 0.1) is 23.0 Å². The Morgan fingerprint density at radius 3 is 2.61 bits per heavy atom. The molecule has 0 bridgehead atoms. The van der Waals surface area contributed by atoms with Crippen LogP contribution in [-0.2, 0) is 0 Å². The van der Waals surface area contributed by atoms with Gasteiger partial charge in [-0.1, -0.05) is 0 Å². The summed E-state index contributed by atoms with van der Waals surface area (Å²) < 4.78 is 33.5. The largest absolute Gasteiger partial charge is 0.505 e. The Kier molecular flexibility index (Phi) is 5.43. The highest BCUT2D eigenvalue weighted by atomic mass is 32.1. The van der Waals surface area contributed by atoms with Gasteiger partial charge in [-0.3, -0.25) is 4.79 Å². The minimum atomic E-state index is -1.29. The predicted molar refractivity (Wildman–Crippen MR) is 102 cm³/mol. The third-order valence-electron chi connectivity index (χ3n) is 3.87. The van der Waals surface area contributed by atoms with Crippen molar-refractivity contribution in [1.29, 1.82) is 5.26 Å². The molecule has 7 heteroatoms. The zero-order valence-electron chi connectivity index (χ0n) is 15.0. The van der Waals surface area contributed by atoms with Crippen molar-refractivity contribution in [2.45, 2.75) is 20.0 Å². The normalized spacial score (nSPS) is 10.7. The van der Waals surface area contributed by atoms with E-state index in [1.54, 1.807) is 24.3 Å². The van der Waals surface area contributed by atoms with Crippen molar-refractivity contribution in [2.75, 3.05) is 0 Å². The Morgan fingerprint density at radius 1 is 1.18 bits per heavy atom. The molecule has 0 radical (unpaired) electrons. The maximum atomic E-state index is 14.0. The number of carbonyl (C=O) groups excluding carboxylic acids is 1. The van der Waals surface area contributed by atoms with E-state index in [2.05, 4.69) is 6.07 Å². The highest BCUT2D eigenvalue weighted by molar-refractivity contribution is 7.17. The molecular weight excluding hydrogens is 384 g/mol. The van der Waals surface area contributed by atoms with Crippen molar-refractivity contribution in [1.82, 2.24) is 0 Å². The quantitative estimate of drug-likeness (QED) is 0.592. The smallest absolute Gasteiger partial charge is 0.209 e. The molecule has 2 aromatic carbocycles. The number of thiophene rings is 1. The maximum absolute atomic E-state index is 14.0. The zero-order valence-corrected chi connectivity index (χ0v) is 15.8. The van der Waals surface area contributed by atoms with Crippen LogP contribution in [0.4, 0.5) is 8.78 Å². The monoisotopic (exact) mass is 399 g/mol. The number of hydrogen-bond donors (Lipinski definition) is 1. The number of hydrogen-bond acceptors (Lipinski definition) is 5. The summed E-state index contributed by atoms with van der Waals surface area (Å²) in [4.78, 5) is 13.3. The van der Waals surface area contributed by atoms with E-state index < -0.39 is 28.7 Å². The SMILES string of the molecule is CC(C)Oc1ccc(-c2ccc(C(=O)c3c(F)ccc(O)c3F)s2)cc1C#N. The van der Waals surface area contributed by atoms with Crippen LogP contribution in [0.25, 0.3) is 10.4 Å². The average Bonchev–Trinajstić information content (AvgIpc) is 3.15. The molecule has 0 saturated heterocycles. The minimum Gasteiger partial charge on any atom is -0.505 e. The maximum Gasteiger partial charge on any atom is 0.209 e. The van der Waals surface area contributed by atoms with Gasteiger partial charge >= 0.3 is 0 Å². The number of phenolic OH excluding ortho intramolecular Hbond substituents is 1. The molecule has 0 fully saturated rings. The predicted octanol–water partition coefficient (Wildman–Crippen LogP) is 5.29. The molecule has 3 aromatic rings. The molecule has 28 heavy (non-hydrogen) atoms. The van der Waals surface area contributed by atoms with E-state index in [0.29, 0.717) is 21.8 Å². The van der Waals surface area contributed by atoms with Gasteiger partial charge in [0.2, 0.25) is 5.78 Å². The first-order chi connectivity index (χ1) is 13.3. The van der Waals surface area contributed by atoms with Crippen molar-refractivity contribution in [3.63, 3.8) is 0 Å². The fourth-order valence-electron chi connectivity index (χ4n) is 2.62. The molecular formula is C21H15F2NO3S. The van der Waals surface area contributed by atoms with Crippen LogP contribution in [-0.4, -0.2) is 17.0 Å². The van der Waals surface area contributed by atoms with Crippen molar-refractivity contribution >= 4 is 17.1 Å². The first-order valence-electron chi connectivity index (χ1n) is 8.34. The van der Waals surface area contributed by atoms with Gasteiger partial charge in [0.15, 0.2) is 11.6 Å². The molecule has 0 amide bonds. The second-order valence-corrected chi connectivity index (χ2v) is 7.32. The Bertz CT molecular complexity index is 1100. The van der Waals surface area contributed by atoms with Gasteiger partial charge in [0.25, 0.3) is 0 Å². The third-order valence-corrected chi connectivity index (χ3v) is 5.01. The van der Waals surface area contributed by atoms with Gasteiger partial charge in [-0.05, 0) is 61.9 Å². The average molecular weight is 399 g/mol.